The molecule has 136 valence electrons. The molecule has 0 aliphatic heterocycles. The maximum Gasteiger partial charge on any atom is 0.225 e. The minimum absolute atomic E-state index is 0.0408. The molecule has 1 aromatic carbocycles. The number of aryl methyl sites for hydroxylation is 1. The standard InChI is InChI=1S/C18H20ClN5OS/c1-12(7-8-13-5-3-2-4-6-13)22-14(25)9-10-26-17-15-16(21-11-20-15)23-18(19)24-17/h2-6,11-12H,7-10H2,1H3,(H,22,25)(H,20,21,23,24)/t12-/m0/s1. The van der Waals surface area contributed by atoms with Crippen molar-refractivity contribution in [2.24, 2.45) is 0 Å². The van der Waals surface area contributed by atoms with Gasteiger partial charge in [0.05, 0.1) is 6.33 Å². The first-order chi connectivity index (χ1) is 12.6. The second-order valence-corrected chi connectivity index (χ2v) is 7.41. The second-order valence-electron chi connectivity index (χ2n) is 5.99. The highest BCUT2D eigenvalue weighted by atomic mass is 35.5. The van der Waals surface area contributed by atoms with Crippen molar-refractivity contribution in [2.75, 3.05) is 5.75 Å². The number of nitrogens with one attached hydrogen (secondary N) is 2. The van der Waals surface area contributed by atoms with Gasteiger partial charge in [-0.1, -0.05) is 30.3 Å². The van der Waals surface area contributed by atoms with E-state index in [1.807, 2.05) is 25.1 Å². The Bertz CT molecular complexity index is 870. The van der Waals surface area contributed by atoms with Crippen molar-refractivity contribution < 1.29 is 4.79 Å². The average Bonchev–Trinajstić information content (AvgIpc) is 3.09. The Balaban J connectivity index is 1.43. The molecule has 0 aliphatic rings. The zero-order chi connectivity index (χ0) is 18.4. The van der Waals surface area contributed by atoms with Gasteiger partial charge >= 0.3 is 0 Å². The zero-order valence-electron chi connectivity index (χ0n) is 14.4. The third kappa shape index (κ3) is 5.19. The van der Waals surface area contributed by atoms with Gasteiger partial charge in [-0.3, -0.25) is 4.79 Å². The van der Waals surface area contributed by atoms with E-state index in [1.54, 1.807) is 6.33 Å². The minimum atomic E-state index is 0.0408. The summed E-state index contributed by atoms with van der Waals surface area (Å²) >= 11 is 7.37. The molecule has 0 saturated carbocycles. The SMILES string of the molecule is C[C@@H](CCc1ccccc1)NC(=O)CCSc1nc(Cl)nc2nc[nH]c12. The van der Waals surface area contributed by atoms with Crippen LogP contribution in [0.5, 0.6) is 0 Å². The van der Waals surface area contributed by atoms with Crippen LogP contribution < -0.4 is 5.32 Å². The lowest BCUT2D eigenvalue weighted by Gasteiger charge is -2.13. The molecule has 0 radical (unpaired) electrons. The topological polar surface area (TPSA) is 83.6 Å². The number of carbonyl (C=O) groups excluding carboxylic acids is 1. The number of rotatable bonds is 8. The van der Waals surface area contributed by atoms with Gasteiger partial charge in [-0.2, -0.15) is 4.98 Å². The third-order valence-corrected chi connectivity index (χ3v) is 5.06. The molecule has 2 heterocycles. The summed E-state index contributed by atoms with van der Waals surface area (Å²) in [7, 11) is 0. The molecule has 2 N–H and O–H groups in total. The molecule has 0 saturated heterocycles. The number of H-pyrrole nitrogens is 1. The van der Waals surface area contributed by atoms with Crippen molar-refractivity contribution in [3.63, 3.8) is 0 Å². The molecular formula is C18H20ClN5OS. The fourth-order valence-corrected chi connectivity index (χ4v) is 3.71. The summed E-state index contributed by atoms with van der Waals surface area (Å²) in [5.41, 5.74) is 2.57. The van der Waals surface area contributed by atoms with E-state index >= 15 is 0 Å². The number of nitrogens with zero attached hydrogens (tertiary/aromatic N) is 3. The summed E-state index contributed by atoms with van der Waals surface area (Å²) in [6, 6.07) is 10.4. The Hall–Kier alpha value is -2.12. The molecule has 0 aliphatic carbocycles. The van der Waals surface area contributed by atoms with E-state index in [9.17, 15) is 4.79 Å². The highest BCUT2D eigenvalue weighted by Gasteiger charge is 2.12. The van der Waals surface area contributed by atoms with E-state index in [-0.39, 0.29) is 17.2 Å². The Morgan fingerprint density at radius 1 is 1.31 bits per heavy atom. The fourth-order valence-electron chi connectivity index (χ4n) is 2.57. The lowest BCUT2D eigenvalue weighted by molar-refractivity contribution is -0.121. The zero-order valence-corrected chi connectivity index (χ0v) is 16.0. The predicted molar refractivity (Wildman–Crippen MR) is 104 cm³/mol. The van der Waals surface area contributed by atoms with Crippen LogP contribution in [0.3, 0.4) is 0 Å². The lowest BCUT2D eigenvalue weighted by atomic mass is 10.1. The molecule has 2 aromatic heterocycles. The van der Waals surface area contributed by atoms with Crippen molar-refractivity contribution in [1.29, 1.82) is 0 Å². The predicted octanol–water partition coefficient (Wildman–Crippen LogP) is 3.63. The second kappa shape index (κ2) is 9.00. The molecule has 1 amide bonds. The van der Waals surface area contributed by atoms with E-state index < -0.39 is 0 Å². The number of carbonyl (C=O) groups is 1. The summed E-state index contributed by atoms with van der Waals surface area (Å²) in [6.45, 7) is 2.03. The van der Waals surface area contributed by atoms with Crippen LogP contribution in [0.1, 0.15) is 25.3 Å². The van der Waals surface area contributed by atoms with E-state index in [0.29, 0.717) is 22.8 Å². The molecule has 0 fully saturated rings. The van der Waals surface area contributed by atoms with Crippen LogP contribution in [-0.4, -0.2) is 37.6 Å². The van der Waals surface area contributed by atoms with Gasteiger partial charge in [-0.05, 0) is 36.9 Å². The first-order valence-electron chi connectivity index (χ1n) is 8.44. The maximum atomic E-state index is 12.1. The molecule has 0 bridgehead atoms. The minimum Gasteiger partial charge on any atom is -0.354 e. The summed E-state index contributed by atoms with van der Waals surface area (Å²) in [5.74, 6) is 0.651. The van der Waals surface area contributed by atoms with Gasteiger partial charge in [0.15, 0.2) is 5.65 Å². The molecule has 6 nitrogen and oxygen atoms in total. The quantitative estimate of drug-likeness (QED) is 0.349. The molecule has 26 heavy (non-hydrogen) atoms. The van der Waals surface area contributed by atoms with Crippen molar-refractivity contribution in [1.82, 2.24) is 25.3 Å². The number of thioether (sulfide) groups is 1. The number of amides is 1. The highest BCUT2D eigenvalue weighted by molar-refractivity contribution is 7.99. The molecule has 3 aromatic rings. The monoisotopic (exact) mass is 389 g/mol. The Morgan fingerprint density at radius 3 is 2.92 bits per heavy atom. The Kier molecular flexibility index (Phi) is 6.46. The normalized spacial score (nSPS) is 12.2. The van der Waals surface area contributed by atoms with E-state index in [4.69, 9.17) is 11.6 Å². The Morgan fingerprint density at radius 2 is 2.12 bits per heavy atom. The van der Waals surface area contributed by atoms with Crippen LogP contribution >= 0.6 is 23.4 Å². The average molecular weight is 390 g/mol. The summed E-state index contributed by atoms with van der Waals surface area (Å²) in [6.07, 6.45) is 3.84. The van der Waals surface area contributed by atoms with Crippen LogP contribution in [0.25, 0.3) is 11.2 Å². The van der Waals surface area contributed by atoms with Gasteiger partial charge in [0, 0.05) is 18.2 Å². The van der Waals surface area contributed by atoms with Gasteiger partial charge < -0.3 is 10.3 Å². The first-order valence-corrected chi connectivity index (χ1v) is 9.81. The largest absolute Gasteiger partial charge is 0.354 e. The summed E-state index contributed by atoms with van der Waals surface area (Å²) in [5, 5.41) is 3.92. The number of halogens is 1. The van der Waals surface area contributed by atoms with Gasteiger partial charge in [-0.15, -0.1) is 11.8 Å². The van der Waals surface area contributed by atoms with Crippen LogP contribution in [0.2, 0.25) is 5.28 Å². The van der Waals surface area contributed by atoms with Crippen LogP contribution in [0, 0.1) is 0 Å². The van der Waals surface area contributed by atoms with Crippen molar-refractivity contribution in [3.8, 4) is 0 Å². The number of hydrogen-bond donors (Lipinski definition) is 2. The van der Waals surface area contributed by atoms with Gasteiger partial charge in [0.25, 0.3) is 0 Å². The molecule has 3 rings (SSSR count). The smallest absolute Gasteiger partial charge is 0.225 e. The molecular weight excluding hydrogens is 370 g/mol. The Labute approximate surface area is 161 Å². The lowest BCUT2D eigenvalue weighted by Crippen LogP contribution is -2.33. The summed E-state index contributed by atoms with van der Waals surface area (Å²) < 4.78 is 0. The first kappa shape index (κ1) is 18.7. The number of aromatic nitrogens is 4. The number of hydrogen-bond acceptors (Lipinski definition) is 5. The van der Waals surface area contributed by atoms with Gasteiger partial charge in [0.2, 0.25) is 11.2 Å². The van der Waals surface area contributed by atoms with Gasteiger partial charge in [-0.25, -0.2) is 9.97 Å². The van der Waals surface area contributed by atoms with Crippen molar-refractivity contribution in [3.05, 3.63) is 47.5 Å². The maximum absolute atomic E-state index is 12.1. The van der Waals surface area contributed by atoms with Crippen LogP contribution in [0.15, 0.2) is 41.7 Å². The van der Waals surface area contributed by atoms with Gasteiger partial charge in [0.1, 0.15) is 10.5 Å². The highest BCUT2D eigenvalue weighted by Crippen LogP contribution is 2.24. The fraction of sp³-hybridized carbons (Fsp3) is 0.333. The number of benzene rings is 1. The van der Waals surface area contributed by atoms with E-state index in [2.05, 4.69) is 37.4 Å². The van der Waals surface area contributed by atoms with E-state index in [1.165, 1.54) is 17.3 Å². The van der Waals surface area contributed by atoms with Crippen LogP contribution in [0.4, 0.5) is 0 Å². The number of imidazole rings is 1. The molecule has 1 atom stereocenters. The molecule has 0 unspecified atom stereocenters. The molecule has 8 heteroatoms. The number of fused-ring (bicyclic) bond motifs is 1. The van der Waals surface area contributed by atoms with Crippen molar-refractivity contribution in [2.45, 2.75) is 37.3 Å². The number of aromatic amines is 1. The third-order valence-electron chi connectivity index (χ3n) is 3.91. The van der Waals surface area contributed by atoms with E-state index in [0.717, 1.165) is 18.4 Å². The molecule has 0 spiro atoms. The van der Waals surface area contributed by atoms with Crippen LogP contribution in [-0.2, 0) is 11.2 Å². The van der Waals surface area contributed by atoms with Crippen molar-refractivity contribution >= 4 is 40.4 Å². The summed E-state index contributed by atoms with van der Waals surface area (Å²) in [4.78, 5) is 27.5.